The van der Waals surface area contributed by atoms with E-state index in [9.17, 15) is 14.4 Å². The van der Waals surface area contributed by atoms with E-state index in [1.54, 1.807) is 24.3 Å². The van der Waals surface area contributed by atoms with Gasteiger partial charge in [-0.2, -0.15) is 0 Å². The zero-order valence-corrected chi connectivity index (χ0v) is 15.9. The van der Waals surface area contributed by atoms with Gasteiger partial charge in [0.2, 0.25) is 11.8 Å². The van der Waals surface area contributed by atoms with Crippen LogP contribution in [0.2, 0.25) is 0 Å². The average molecular weight is 371 g/mol. The zero-order valence-electron chi connectivity index (χ0n) is 15.9. The van der Waals surface area contributed by atoms with Gasteiger partial charge in [0.05, 0.1) is 17.5 Å². The van der Waals surface area contributed by atoms with Crippen LogP contribution in [-0.4, -0.2) is 17.6 Å². The monoisotopic (exact) mass is 371 g/mol. The van der Waals surface area contributed by atoms with Gasteiger partial charge in [0.15, 0.2) is 5.78 Å². The van der Waals surface area contributed by atoms with E-state index in [1.807, 2.05) is 32.0 Å². The predicted octanol–water partition coefficient (Wildman–Crippen LogP) is 3.85. The number of benzene rings is 2. The maximum absolute atomic E-state index is 13.0. The molecule has 4 heteroatoms. The Morgan fingerprint density at radius 3 is 2.14 bits per heavy atom. The van der Waals surface area contributed by atoms with Crippen molar-refractivity contribution >= 4 is 23.3 Å². The summed E-state index contributed by atoms with van der Waals surface area (Å²) in [5, 5.41) is 0. The second kappa shape index (κ2) is 5.99. The number of aryl methyl sites for hydroxylation is 2. The number of carbonyl (C=O) groups is 3. The van der Waals surface area contributed by atoms with Gasteiger partial charge in [-0.15, -0.1) is 0 Å². The lowest BCUT2D eigenvalue weighted by Crippen LogP contribution is -2.33. The first-order chi connectivity index (χ1) is 13.5. The Morgan fingerprint density at radius 1 is 0.857 bits per heavy atom. The van der Waals surface area contributed by atoms with E-state index in [0.717, 1.165) is 17.5 Å². The summed E-state index contributed by atoms with van der Waals surface area (Å²) in [5.74, 6) is -0.465. The van der Waals surface area contributed by atoms with Crippen LogP contribution in [0.25, 0.3) is 0 Å². The van der Waals surface area contributed by atoms with Crippen molar-refractivity contribution in [2.24, 2.45) is 23.7 Å². The van der Waals surface area contributed by atoms with Crippen LogP contribution in [0.3, 0.4) is 0 Å². The van der Waals surface area contributed by atoms with Crippen molar-refractivity contribution in [2.75, 3.05) is 4.90 Å². The molecule has 3 aliphatic rings. The standard InChI is InChI=1S/C24H21NO3/c1-13-6-7-18(10-14(13)2)22(26)17-4-3-5-19(12-17)25-23(27)20-15-8-9-16(11-15)21(20)24(25)28/h3-10,12,15-16,20-21H,11H2,1-2H3. The van der Waals surface area contributed by atoms with Crippen LogP contribution in [0.1, 0.15) is 33.5 Å². The first-order valence-corrected chi connectivity index (χ1v) is 9.74. The van der Waals surface area contributed by atoms with Crippen molar-refractivity contribution in [3.63, 3.8) is 0 Å². The number of allylic oxidation sites excluding steroid dienone is 2. The fourth-order valence-corrected chi connectivity index (χ4v) is 4.99. The molecular weight excluding hydrogens is 350 g/mol. The number of carbonyl (C=O) groups excluding carboxylic acids is 3. The highest BCUT2D eigenvalue weighted by Gasteiger charge is 2.59. The molecule has 4 atom stereocenters. The Labute approximate surface area is 163 Å². The van der Waals surface area contributed by atoms with E-state index in [2.05, 4.69) is 12.2 Å². The van der Waals surface area contributed by atoms with Gasteiger partial charge in [-0.05, 0) is 61.4 Å². The van der Waals surface area contributed by atoms with E-state index in [1.165, 1.54) is 4.90 Å². The highest BCUT2D eigenvalue weighted by Crippen LogP contribution is 2.53. The summed E-state index contributed by atoms with van der Waals surface area (Å²) in [7, 11) is 0. The number of hydrogen-bond acceptors (Lipinski definition) is 3. The number of imide groups is 1. The Morgan fingerprint density at radius 2 is 1.50 bits per heavy atom. The quantitative estimate of drug-likeness (QED) is 0.468. The van der Waals surface area contributed by atoms with Crippen LogP contribution >= 0.6 is 0 Å². The SMILES string of the molecule is Cc1ccc(C(=O)c2cccc(N3C(=O)C4C5C=CC(C5)C4C3=O)c2)cc1C. The molecule has 0 radical (unpaired) electrons. The number of fused-ring (bicyclic) bond motifs is 5. The van der Waals surface area contributed by atoms with Gasteiger partial charge in [0.25, 0.3) is 0 Å². The van der Waals surface area contributed by atoms with Crippen LogP contribution in [-0.2, 0) is 9.59 Å². The number of hydrogen-bond donors (Lipinski definition) is 0. The molecule has 2 aliphatic carbocycles. The minimum atomic E-state index is -0.235. The molecular formula is C24H21NO3. The van der Waals surface area contributed by atoms with Gasteiger partial charge in [-0.1, -0.05) is 36.4 Å². The van der Waals surface area contributed by atoms with Gasteiger partial charge in [0.1, 0.15) is 0 Å². The second-order valence-corrected chi connectivity index (χ2v) is 8.19. The molecule has 28 heavy (non-hydrogen) atoms. The van der Waals surface area contributed by atoms with Gasteiger partial charge < -0.3 is 0 Å². The molecule has 2 aromatic rings. The summed E-state index contributed by atoms with van der Waals surface area (Å²) in [4.78, 5) is 40.3. The normalized spacial score (nSPS) is 27.6. The van der Waals surface area contributed by atoms with Crippen LogP contribution < -0.4 is 4.90 Å². The molecule has 4 nitrogen and oxygen atoms in total. The van der Waals surface area contributed by atoms with Crippen molar-refractivity contribution in [1.82, 2.24) is 0 Å². The van der Waals surface area contributed by atoms with Crippen molar-refractivity contribution in [3.05, 3.63) is 76.9 Å². The first kappa shape index (κ1) is 17.1. The minimum Gasteiger partial charge on any atom is -0.289 e. The number of ketones is 1. The van der Waals surface area contributed by atoms with Gasteiger partial charge in [0, 0.05) is 11.1 Å². The molecule has 2 aromatic carbocycles. The van der Waals surface area contributed by atoms with Gasteiger partial charge >= 0.3 is 0 Å². The van der Waals surface area contributed by atoms with Crippen molar-refractivity contribution in [3.8, 4) is 0 Å². The smallest absolute Gasteiger partial charge is 0.238 e. The van der Waals surface area contributed by atoms with Gasteiger partial charge in [-0.25, -0.2) is 4.90 Å². The molecule has 140 valence electrons. The van der Waals surface area contributed by atoms with E-state index >= 15 is 0 Å². The lowest BCUT2D eigenvalue weighted by atomic mass is 9.85. The molecule has 4 unspecified atom stereocenters. The molecule has 2 fully saturated rings. The fraction of sp³-hybridized carbons (Fsp3) is 0.292. The molecule has 1 heterocycles. The molecule has 1 aliphatic heterocycles. The summed E-state index contributed by atoms with van der Waals surface area (Å²) in [6.45, 7) is 3.98. The number of anilines is 1. The summed E-state index contributed by atoms with van der Waals surface area (Å²) in [5.41, 5.74) is 3.78. The zero-order chi connectivity index (χ0) is 19.6. The molecule has 1 saturated heterocycles. The predicted molar refractivity (Wildman–Crippen MR) is 106 cm³/mol. The van der Waals surface area contributed by atoms with Crippen LogP contribution in [0.4, 0.5) is 5.69 Å². The maximum atomic E-state index is 13.0. The fourth-order valence-electron chi connectivity index (χ4n) is 4.99. The number of amides is 2. The largest absolute Gasteiger partial charge is 0.289 e. The highest BCUT2D eigenvalue weighted by atomic mass is 16.2. The van der Waals surface area contributed by atoms with Crippen LogP contribution in [0.15, 0.2) is 54.6 Å². The Balaban J connectivity index is 1.48. The maximum Gasteiger partial charge on any atom is 0.238 e. The minimum absolute atomic E-state index is 0.106. The summed E-state index contributed by atoms with van der Waals surface area (Å²) < 4.78 is 0. The van der Waals surface area contributed by atoms with Gasteiger partial charge in [-0.3, -0.25) is 14.4 Å². The van der Waals surface area contributed by atoms with Crippen molar-refractivity contribution in [1.29, 1.82) is 0 Å². The number of rotatable bonds is 3. The Bertz CT molecular complexity index is 1040. The third-order valence-corrected chi connectivity index (χ3v) is 6.61. The molecule has 5 rings (SSSR count). The average Bonchev–Trinajstić information content (AvgIpc) is 3.37. The topological polar surface area (TPSA) is 54.5 Å². The van der Waals surface area contributed by atoms with Crippen LogP contribution in [0, 0.1) is 37.5 Å². The second-order valence-electron chi connectivity index (χ2n) is 8.19. The third-order valence-electron chi connectivity index (χ3n) is 6.61. The molecule has 0 N–H and O–H groups in total. The van der Waals surface area contributed by atoms with Crippen LogP contribution in [0.5, 0.6) is 0 Å². The molecule has 0 spiro atoms. The van der Waals surface area contributed by atoms with Crippen molar-refractivity contribution < 1.29 is 14.4 Å². The van der Waals surface area contributed by atoms with E-state index in [-0.39, 0.29) is 41.3 Å². The summed E-state index contributed by atoms with van der Waals surface area (Å²) >= 11 is 0. The Kier molecular flexibility index (Phi) is 3.66. The highest BCUT2D eigenvalue weighted by molar-refractivity contribution is 6.23. The van der Waals surface area contributed by atoms with E-state index in [0.29, 0.717) is 16.8 Å². The molecule has 2 amide bonds. The van der Waals surface area contributed by atoms with Crippen molar-refractivity contribution in [2.45, 2.75) is 20.3 Å². The molecule has 1 saturated carbocycles. The lowest BCUT2D eigenvalue weighted by Gasteiger charge is -2.18. The lowest BCUT2D eigenvalue weighted by molar-refractivity contribution is -0.123. The van der Waals surface area contributed by atoms with E-state index in [4.69, 9.17) is 0 Å². The first-order valence-electron chi connectivity index (χ1n) is 9.74. The third kappa shape index (κ3) is 2.34. The Hall–Kier alpha value is -3.01. The molecule has 0 aromatic heterocycles. The summed E-state index contributed by atoms with van der Waals surface area (Å²) in [6, 6.07) is 12.5. The number of nitrogens with zero attached hydrogens (tertiary/aromatic N) is 1. The molecule has 2 bridgehead atoms. The summed E-state index contributed by atoms with van der Waals surface area (Å²) in [6.07, 6.45) is 5.08. The van der Waals surface area contributed by atoms with E-state index < -0.39 is 0 Å².